The molecule has 1 amide bonds. The number of carbonyl (C=O) groups is 1. The number of ether oxygens (including phenoxy) is 1. The molecular weight excluding hydrogens is 472 g/mol. The van der Waals surface area contributed by atoms with E-state index in [-0.39, 0.29) is 23.4 Å². The number of fused-ring (bicyclic) bond motifs is 1. The summed E-state index contributed by atoms with van der Waals surface area (Å²) in [6.45, 7) is 3.55. The number of rotatable bonds is 9. The molecule has 0 radical (unpaired) electrons. The molecule has 0 saturated heterocycles. The van der Waals surface area contributed by atoms with Crippen LogP contribution in [-0.2, 0) is 27.7 Å². The fraction of sp³-hybridized carbons (Fsp3) is 0.345. The molecule has 0 unspecified atom stereocenters. The van der Waals surface area contributed by atoms with Crippen molar-refractivity contribution in [3.8, 4) is 5.75 Å². The summed E-state index contributed by atoms with van der Waals surface area (Å²) >= 11 is 0. The zero-order valence-electron chi connectivity index (χ0n) is 21.2. The lowest BCUT2D eigenvalue weighted by Gasteiger charge is -2.27. The van der Waals surface area contributed by atoms with Crippen LogP contribution in [-0.4, -0.2) is 28.0 Å². The Hall–Kier alpha value is -3.32. The molecule has 190 valence electrons. The Kier molecular flexibility index (Phi) is 7.99. The minimum absolute atomic E-state index is 0.119. The predicted octanol–water partition coefficient (Wildman–Crippen LogP) is 5.35. The van der Waals surface area contributed by atoms with Crippen molar-refractivity contribution in [3.63, 3.8) is 0 Å². The van der Waals surface area contributed by atoms with Crippen LogP contribution < -0.4 is 14.4 Å². The van der Waals surface area contributed by atoms with E-state index < -0.39 is 10.0 Å². The van der Waals surface area contributed by atoms with E-state index in [4.69, 9.17) is 4.74 Å². The van der Waals surface area contributed by atoms with Gasteiger partial charge in [-0.25, -0.2) is 8.42 Å². The zero-order chi connectivity index (χ0) is 25.7. The maximum Gasteiger partial charge on any atom is 0.264 e. The number of nitrogens with one attached hydrogen (secondary N) is 1. The SMILES string of the molecule is CC[C@@H](NC(=O)CN(c1ccccc1OC)S(=O)(=O)c1ccc(C)cc1)c1ccc2c(c1)CCCC2. The number of hydrogen-bond donors (Lipinski definition) is 1. The highest BCUT2D eigenvalue weighted by Gasteiger charge is 2.30. The maximum atomic E-state index is 13.7. The van der Waals surface area contributed by atoms with Gasteiger partial charge in [0.25, 0.3) is 10.0 Å². The van der Waals surface area contributed by atoms with E-state index in [2.05, 4.69) is 23.5 Å². The summed E-state index contributed by atoms with van der Waals surface area (Å²) in [6.07, 6.45) is 5.26. The highest BCUT2D eigenvalue weighted by molar-refractivity contribution is 7.92. The summed E-state index contributed by atoms with van der Waals surface area (Å²) < 4.78 is 34.0. The Morgan fingerprint density at radius 1 is 1.00 bits per heavy atom. The van der Waals surface area contributed by atoms with Crippen molar-refractivity contribution in [2.24, 2.45) is 0 Å². The van der Waals surface area contributed by atoms with Crippen molar-refractivity contribution >= 4 is 21.6 Å². The number of carbonyl (C=O) groups excluding carboxylic acids is 1. The molecule has 1 aliphatic rings. The van der Waals surface area contributed by atoms with E-state index in [1.807, 2.05) is 13.8 Å². The highest BCUT2D eigenvalue weighted by atomic mass is 32.2. The molecule has 0 spiro atoms. The Morgan fingerprint density at radius 2 is 1.69 bits per heavy atom. The molecule has 0 aliphatic heterocycles. The van der Waals surface area contributed by atoms with E-state index in [0.29, 0.717) is 17.9 Å². The molecule has 0 bridgehead atoms. The molecule has 1 N–H and O–H groups in total. The van der Waals surface area contributed by atoms with Gasteiger partial charge < -0.3 is 10.1 Å². The van der Waals surface area contributed by atoms with Gasteiger partial charge in [0, 0.05) is 0 Å². The molecule has 1 aliphatic carbocycles. The van der Waals surface area contributed by atoms with Gasteiger partial charge in [-0.3, -0.25) is 9.10 Å². The number of para-hydroxylation sites is 2. The second-order valence-corrected chi connectivity index (χ2v) is 11.1. The number of hydrogen-bond acceptors (Lipinski definition) is 4. The van der Waals surface area contributed by atoms with E-state index in [1.54, 1.807) is 48.5 Å². The van der Waals surface area contributed by atoms with Crippen LogP contribution >= 0.6 is 0 Å². The molecule has 1 atom stereocenters. The van der Waals surface area contributed by atoms with Crippen LogP contribution in [0.1, 0.15) is 54.5 Å². The van der Waals surface area contributed by atoms with Crippen LogP contribution in [0, 0.1) is 6.92 Å². The minimum Gasteiger partial charge on any atom is -0.495 e. The van der Waals surface area contributed by atoms with Gasteiger partial charge in [0.2, 0.25) is 5.91 Å². The monoisotopic (exact) mass is 506 g/mol. The van der Waals surface area contributed by atoms with Crippen molar-refractivity contribution in [1.82, 2.24) is 5.32 Å². The maximum absolute atomic E-state index is 13.7. The quantitative estimate of drug-likeness (QED) is 0.425. The van der Waals surface area contributed by atoms with Crippen molar-refractivity contribution in [1.29, 1.82) is 0 Å². The molecule has 4 rings (SSSR count). The third-order valence-electron chi connectivity index (χ3n) is 6.77. The van der Waals surface area contributed by atoms with Gasteiger partial charge >= 0.3 is 0 Å². The van der Waals surface area contributed by atoms with E-state index in [1.165, 1.54) is 31.1 Å². The summed E-state index contributed by atoms with van der Waals surface area (Å²) in [7, 11) is -2.54. The first kappa shape index (κ1) is 25.8. The second kappa shape index (κ2) is 11.2. The molecule has 6 nitrogen and oxygen atoms in total. The second-order valence-electron chi connectivity index (χ2n) is 9.26. The first-order chi connectivity index (χ1) is 17.3. The molecule has 0 fully saturated rings. The molecule has 0 heterocycles. The Labute approximate surface area is 214 Å². The number of methoxy groups -OCH3 is 1. The number of aryl methyl sites for hydroxylation is 3. The average Bonchev–Trinajstić information content (AvgIpc) is 2.90. The Balaban J connectivity index is 1.63. The summed E-state index contributed by atoms with van der Waals surface area (Å²) in [5.41, 5.74) is 5.06. The first-order valence-electron chi connectivity index (χ1n) is 12.5. The fourth-order valence-electron chi connectivity index (χ4n) is 4.73. The van der Waals surface area contributed by atoms with Crippen LogP contribution in [0.25, 0.3) is 0 Å². The molecule has 0 aromatic heterocycles. The number of anilines is 1. The van der Waals surface area contributed by atoms with Crippen LogP contribution in [0.3, 0.4) is 0 Å². The lowest BCUT2D eigenvalue weighted by Crippen LogP contribution is -2.42. The summed E-state index contributed by atoms with van der Waals surface area (Å²) in [6, 6.07) is 19.7. The first-order valence-corrected chi connectivity index (χ1v) is 13.9. The van der Waals surface area contributed by atoms with Crippen LogP contribution in [0.5, 0.6) is 5.75 Å². The Bertz CT molecular complexity index is 1320. The Morgan fingerprint density at radius 3 is 2.39 bits per heavy atom. The average molecular weight is 507 g/mol. The van der Waals surface area contributed by atoms with Crippen LogP contribution in [0.2, 0.25) is 0 Å². The minimum atomic E-state index is -4.03. The van der Waals surface area contributed by atoms with Gasteiger partial charge in [0.15, 0.2) is 0 Å². The van der Waals surface area contributed by atoms with Crippen molar-refractivity contribution in [3.05, 3.63) is 89.0 Å². The lowest BCUT2D eigenvalue weighted by atomic mass is 9.89. The third kappa shape index (κ3) is 5.57. The molecule has 7 heteroatoms. The topological polar surface area (TPSA) is 75.7 Å². The largest absolute Gasteiger partial charge is 0.495 e. The smallest absolute Gasteiger partial charge is 0.264 e. The lowest BCUT2D eigenvalue weighted by molar-refractivity contribution is -0.120. The number of amides is 1. The zero-order valence-corrected chi connectivity index (χ0v) is 22.0. The summed E-state index contributed by atoms with van der Waals surface area (Å²) in [5, 5.41) is 3.07. The normalized spacial score (nSPS) is 14.0. The van der Waals surface area contributed by atoms with Gasteiger partial charge in [0.1, 0.15) is 12.3 Å². The molecule has 3 aromatic rings. The predicted molar refractivity (Wildman–Crippen MR) is 143 cm³/mol. The van der Waals surface area contributed by atoms with Gasteiger partial charge in [-0.05, 0) is 80.0 Å². The standard InChI is InChI=1S/C29H34N2O4S/c1-4-26(24-16-15-22-9-5-6-10-23(22)19-24)30-29(32)20-31(27-11-7-8-12-28(27)35-3)36(33,34)25-17-13-21(2)14-18-25/h7-8,11-19,26H,4-6,9-10,20H2,1-3H3,(H,30,32)/t26-/m1/s1. The van der Waals surface area contributed by atoms with Gasteiger partial charge in [-0.2, -0.15) is 0 Å². The summed E-state index contributed by atoms with van der Waals surface area (Å²) in [5.74, 6) is 0.00359. The summed E-state index contributed by atoms with van der Waals surface area (Å²) in [4.78, 5) is 13.5. The van der Waals surface area contributed by atoms with E-state index in [9.17, 15) is 13.2 Å². The number of benzene rings is 3. The van der Waals surface area contributed by atoms with Crippen molar-refractivity contribution < 1.29 is 17.9 Å². The van der Waals surface area contributed by atoms with Gasteiger partial charge in [-0.15, -0.1) is 0 Å². The third-order valence-corrected chi connectivity index (χ3v) is 8.54. The molecule has 0 saturated carbocycles. The molecular formula is C29H34N2O4S. The van der Waals surface area contributed by atoms with Gasteiger partial charge in [0.05, 0.1) is 23.7 Å². The van der Waals surface area contributed by atoms with E-state index >= 15 is 0 Å². The number of sulfonamides is 1. The van der Waals surface area contributed by atoms with Crippen molar-refractivity contribution in [2.75, 3.05) is 18.0 Å². The van der Waals surface area contributed by atoms with Crippen LogP contribution in [0.4, 0.5) is 5.69 Å². The fourth-order valence-corrected chi connectivity index (χ4v) is 6.17. The highest BCUT2D eigenvalue weighted by Crippen LogP contribution is 2.32. The van der Waals surface area contributed by atoms with Crippen LogP contribution in [0.15, 0.2) is 71.6 Å². The molecule has 3 aromatic carbocycles. The number of nitrogens with zero attached hydrogens (tertiary/aromatic N) is 1. The molecule has 36 heavy (non-hydrogen) atoms. The van der Waals surface area contributed by atoms with E-state index in [0.717, 1.165) is 28.3 Å². The van der Waals surface area contributed by atoms with Gasteiger partial charge in [-0.1, -0.05) is 55.0 Å². The van der Waals surface area contributed by atoms with Crippen molar-refractivity contribution in [2.45, 2.75) is 56.9 Å².